The van der Waals surface area contributed by atoms with Crippen LogP contribution in [0.1, 0.15) is 18.0 Å². The van der Waals surface area contributed by atoms with E-state index in [1.165, 1.54) is 0 Å². The summed E-state index contributed by atoms with van der Waals surface area (Å²) in [6, 6.07) is 4.69. The van der Waals surface area contributed by atoms with Crippen LogP contribution in [0.4, 0.5) is 0 Å². The molecule has 0 spiro atoms. The fraction of sp³-hybridized carbons (Fsp3) is 0.462. The lowest BCUT2D eigenvalue weighted by Crippen LogP contribution is -2.36. The molecule has 2 N–H and O–H groups in total. The van der Waals surface area contributed by atoms with Crippen molar-refractivity contribution in [3.05, 3.63) is 33.3 Å². The summed E-state index contributed by atoms with van der Waals surface area (Å²) in [4.78, 5) is 13.6. The maximum absolute atomic E-state index is 11.6. The fourth-order valence-corrected chi connectivity index (χ4v) is 2.83. The third-order valence-corrected chi connectivity index (χ3v) is 4.45. The third kappa shape index (κ3) is 3.69. The summed E-state index contributed by atoms with van der Waals surface area (Å²) in [7, 11) is 0. The van der Waals surface area contributed by atoms with Crippen molar-refractivity contribution in [3.63, 3.8) is 0 Å². The van der Waals surface area contributed by atoms with Crippen LogP contribution in [0.3, 0.4) is 0 Å². The Morgan fingerprint density at radius 1 is 1.42 bits per heavy atom. The van der Waals surface area contributed by atoms with Gasteiger partial charge in [-0.3, -0.25) is 9.69 Å². The maximum Gasteiger partial charge on any atom is 0.325 e. The first-order valence-corrected chi connectivity index (χ1v) is 7.39. The normalized spacial score (nSPS) is 18.8. The summed E-state index contributed by atoms with van der Waals surface area (Å²) in [5.41, 5.74) is 0.755. The Kier molecular flexibility index (Phi) is 5.21. The Hall–Kier alpha value is -0.620. The number of aliphatic carboxylic acids is 1. The van der Waals surface area contributed by atoms with Gasteiger partial charge < -0.3 is 10.4 Å². The van der Waals surface area contributed by atoms with Crippen molar-refractivity contribution in [2.45, 2.75) is 12.5 Å². The van der Waals surface area contributed by atoms with Gasteiger partial charge in [0.25, 0.3) is 0 Å². The number of halogens is 2. The first-order valence-electron chi connectivity index (χ1n) is 6.22. The van der Waals surface area contributed by atoms with Gasteiger partial charge in [-0.05, 0) is 46.6 Å². The Bertz CT molecular complexity index is 462. The van der Waals surface area contributed by atoms with Crippen molar-refractivity contribution < 1.29 is 9.90 Å². The lowest BCUT2D eigenvalue weighted by atomic mass is 10.1. The Morgan fingerprint density at radius 2 is 2.21 bits per heavy atom. The van der Waals surface area contributed by atoms with Gasteiger partial charge in [-0.25, -0.2) is 0 Å². The van der Waals surface area contributed by atoms with E-state index in [0.717, 1.165) is 42.6 Å². The van der Waals surface area contributed by atoms with Gasteiger partial charge in [0.05, 0.1) is 5.02 Å². The van der Waals surface area contributed by atoms with Crippen LogP contribution in [-0.2, 0) is 4.79 Å². The number of carboxylic acids is 1. The summed E-state index contributed by atoms with van der Waals surface area (Å²) < 4.78 is 0.728. The number of nitrogens with one attached hydrogen (secondary N) is 1. The van der Waals surface area contributed by atoms with Crippen LogP contribution in [-0.4, -0.2) is 42.2 Å². The molecule has 1 aliphatic heterocycles. The molecular formula is C13H16BrClN2O2. The number of nitrogens with zero attached hydrogens (tertiary/aromatic N) is 1. The molecule has 19 heavy (non-hydrogen) atoms. The van der Waals surface area contributed by atoms with Crippen molar-refractivity contribution in [1.82, 2.24) is 10.2 Å². The highest BCUT2D eigenvalue weighted by Gasteiger charge is 2.28. The molecule has 4 nitrogen and oxygen atoms in total. The van der Waals surface area contributed by atoms with Gasteiger partial charge in [0, 0.05) is 24.1 Å². The van der Waals surface area contributed by atoms with Crippen molar-refractivity contribution in [1.29, 1.82) is 0 Å². The van der Waals surface area contributed by atoms with E-state index in [4.69, 9.17) is 11.6 Å². The van der Waals surface area contributed by atoms with E-state index >= 15 is 0 Å². The molecule has 1 aromatic rings. The molecule has 0 aromatic heterocycles. The Morgan fingerprint density at radius 3 is 2.89 bits per heavy atom. The molecular weight excluding hydrogens is 332 g/mol. The Labute approximate surface area is 125 Å². The van der Waals surface area contributed by atoms with Crippen LogP contribution in [0, 0.1) is 0 Å². The second-order valence-corrected chi connectivity index (χ2v) is 5.82. The second kappa shape index (κ2) is 6.70. The van der Waals surface area contributed by atoms with Crippen molar-refractivity contribution >= 4 is 33.5 Å². The quantitative estimate of drug-likeness (QED) is 0.882. The van der Waals surface area contributed by atoms with E-state index in [1.807, 2.05) is 4.90 Å². The summed E-state index contributed by atoms with van der Waals surface area (Å²) >= 11 is 9.31. The molecule has 1 aromatic carbocycles. The van der Waals surface area contributed by atoms with Crippen LogP contribution in [0.15, 0.2) is 22.7 Å². The number of carbonyl (C=O) groups is 1. The average Bonchev–Trinajstić information content (AvgIpc) is 2.62. The minimum Gasteiger partial charge on any atom is -0.480 e. The summed E-state index contributed by atoms with van der Waals surface area (Å²) in [5.74, 6) is -0.823. The molecule has 0 amide bonds. The number of benzene rings is 1. The highest BCUT2D eigenvalue weighted by atomic mass is 79.9. The second-order valence-electron chi connectivity index (χ2n) is 4.55. The van der Waals surface area contributed by atoms with E-state index in [0.29, 0.717) is 5.02 Å². The van der Waals surface area contributed by atoms with Crippen LogP contribution in [0.2, 0.25) is 5.02 Å². The van der Waals surface area contributed by atoms with Crippen LogP contribution < -0.4 is 5.32 Å². The van der Waals surface area contributed by atoms with E-state index < -0.39 is 12.0 Å². The lowest BCUT2D eigenvalue weighted by molar-refractivity contribution is -0.143. The van der Waals surface area contributed by atoms with E-state index in [2.05, 4.69) is 21.2 Å². The zero-order valence-electron chi connectivity index (χ0n) is 10.4. The first-order chi connectivity index (χ1) is 9.09. The smallest absolute Gasteiger partial charge is 0.325 e. The largest absolute Gasteiger partial charge is 0.480 e. The summed E-state index contributed by atoms with van der Waals surface area (Å²) in [6.45, 7) is 3.27. The van der Waals surface area contributed by atoms with Gasteiger partial charge in [-0.1, -0.05) is 17.7 Å². The van der Waals surface area contributed by atoms with Crippen molar-refractivity contribution in [2.24, 2.45) is 0 Å². The molecule has 1 aliphatic rings. The zero-order chi connectivity index (χ0) is 13.8. The molecule has 1 saturated heterocycles. The average molecular weight is 348 g/mol. The van der Waals surface area contributed by atoms with Crippen molar-refractivity contribution in [2.75, 3.05) is 26.2 Å². The number of rotatable bonds is 3. The molecule has 0 aliphatic carbocycles. The molecule has 6 heteroatoms. The zero-order valence-corrected chi connectivity index (χ0v) is 12.7. The summed E-state index contributed by atoms with van der Waals surface area (Å²) in [6.07, 6.45) is 0.957. The molecule has 104 valence electrons. The van der Waals surface area contributed by atoms with Gasteiger partial charge in [-0.2, -0.15) is 0 Å². The van der Waals surface area contributed by atoms with E-state index in [9.17, 15) is 9.90 Å². The monoisotopic (exact) mass is 346 g/mol. The lowest BCUT2D eigenvalue weighted by Gasteiger charge is -2.27. The SMILES string of the molecule is O=C(O)C(c1ccc(Cl)c(Br)c1)N1CCCNCC1. The molecule has 0 saturated carbocycles. The first kappa shape index (κ1) is 14.8. The maximum atomic E-state index is 11.6. The molecule has 2 rings (SSSR count). The van der Waals surface area contributed by atoms with Crippen LogP contribution in [0.5, 0.6) is 0 Å². The van der Waals surface area contributed by atoms with E-state index in [-0.39, 0.29) is 0 Å². The third-order valence-electron chi connectivity index (χ3n) is 3.23. The molecule has 1 heterocycles. The fourth-order valence-electron chi connectivity index (χ4n) is 2.32. The minimum absolute atomic E-state index is 0.588. The van der Waals surface area contributed by atoms with Crippen LogP contribution >= 0.6 is 27.5 Å². The number of hydrogen-bond acceptors (Lipinski definition) is 3. The molecule has 1 atom stereocenters. The van der Waals surface area contributed by atoms with Gasteiger partial charge in [0.2, 0.25) is 0 Å². The standard InChI is InChI=1S/C13H16BrClN2O2/c14-10-8-9(2-3-11(10)15)12(13(18)19)17-6-1-4-16-5-7-17/h2-3,8,12,16H,1,4-7H2,(H,18,19). The minimum atomic E-state index is -0.823. The Balaban J connectivity index is 2.27. The van der Waals surface area contributed by atoms with Gasteiger partial charge in [0.15, 0.2) is 0 Å². The molecule has 1 unspecified atom stereocenters. The predicted octanol–water partition coefficient (Wildman–Crippen LogP) is 2.52. The summed E-state index contributed by atoms with van der Waals surface area (Å²) in [5, 5.41) is 13.4. The molecule has 1 fully saturated rings. The van der Waals surface area contributed by atoms with Gasteiger partial charge in [0.1, 0.15) is 6.04 Å². The highest BCUT2D eigenvalue weighted by molar-refractivity contribution is 9.10. The van der Waals surface area contributed by atoms with Crippen molar-refractivity contribution in [3.8, 4) is 0 Å². The number of hydrogen-bond donors (Lipinski definition) is 2. The van der Waals surface area contributed by atoms with Gasteiger partial charge in [-0.15, -0.1) is 0 Å². The van der Waals surface area contributed by atoms with E-state index in [1.54, 1.807) is 18.2 Å². The predicted molar refractivity (Wildman–Crippen MR) is 78.6 cm³/mol. The molecule has 0 bridgehead atoms. The number of carboxylic acid groups (broad SMARTS) is 1. The topological polar surface area (TPSA) is 52.6 Å². The van der Waals surface area contributed by atoms with Gasteiger partial charge >= 0.3 is 5.97 Å². The van der Waals surface area contributed by atoms with Crippen LogP contribution in [0.25, 0.3) is 0 Å². The highest BCUT2D eigenvalue weighted by Crippen LogP contribution is 2.29. The molecule has 0 radical (unpaired) electrons.